The molecule has 2 rings (SSSR count). The first kappa shape index (κ1) is 13.6. The van der Waals surface area contributed by atoms with Crippen molar-refractivity contribution in [3.8, 4) is 17.1 Å². The van der Waals surface area contributed by atoms with Gasteiger partial charge in [-0.05, 0) is 37.1 Å². The van der Waals surface area contributed by atoms with Gasteiger partial charge in [-0.25, -0.2) is 0 Å². The molecule has 4 heteroatoms. The van der Waals surface area contributed by atoms with Gasteiger partial charge in [-0.15, -0.1) is 0 Å². The van der Waals surface area contributed by atoms with E-state index in [4.69, 9.17) is 15.0 Å². The van der Waals surface area contributed by atoms with Crippen LogP contribution < -0.4 is 10.5 Å². The van der Waals surface area contributed by atoms with Gasteiger partial charge in [0, 0.05) is 17.7 Å². The summed E-state index contributed by atoms with van der Waals surface area (Å²) >= 11 is 0. The summed E-state index contributed by atoms with van der Waals surface area (Å²) in [4.78, 5) is 0. The highest BCUT2D eigenvalue weighted by Crippen LogP contribution is 2.27. The normalized spacial score (nSPS) is 11.0. The molecule has 0 saturated heterocycles. The summed E-state index contributed by atoms with van der Waals surface area (Å²) in [5.41, 5.74) is 8.49. The number of ether oxygens (including phenoxy) is 1. The van der Waals surface area contributed by atoms with Crippen LogP contribution in [0, 0.1) is 12.8 Å². The maximum Gasteiger partial charge on any atom is 0.171 e. The molecule has 1 aromatic heterocycles. The molecule has 102 valence electrons. The van der Waals surface area contributed by atoms with Crippen LogP contribution in [0.15, 0.2) is 28.8 Å². The summed E-state index contributed by atoms with van der Waals surface area (Å²) in [6.45, 7) is 7.29. The van der Waals surface area contributed by atoms with E-state index in [9.17, 15) is 0 Å². The van der Waals surface area contributed by atoms with Crippen LogP contribution in [-0.4, -0.2) is 11.8 Å². The number of rotatable bonds is 5. The lowest BCUT2D eigenvalue weighted by atomic mass is 10.1. The van der Waals surface area contributed by atoms with Gasteiger partial charge in [0.2, 0.25) is 0 Å². The van der Waals surface area contributed by atoms with E-state index in [1.165, 1.54) is 0 Å². The van der Waals surface area contributed by atoms with Crippen LogP contribution in [0.4, 0.5) is 0 Å². The molecular weight excluding hydrogens is 240 g/mol. The summed E-state index contributed by atoms with van der Waals surface area (Å²) < 4.78 is 11.0. The first-order valence-corrected chi connectivity index (χ1v) is 6.50. The quantitative estimate of drug-likeness (QED) is 0.897. The Hall–Kier alpha value is -1.81. The second-order valence-corrected chi connectivity index (χ2v) is 5.01. The molecule has 0 aliphatic carbocycles. The monoisotopic (exact) mass is 260 g/mol. The topological polar surface area (TPSA) is 61.3 Å². The fraction of sp³-hybridized carbons (Fsp3) is 0.400. The van der Waals surface area contributed by atoms with Crippen LogP contribution in [0.2, 0.25) is 0 Å². The maximum absolute atomic E-state index is 5.72. The lowest BCUT2D eigenvalue weighted by Crippen LogP contribution is -2.04. The van der Waals surface area contributed by atoms with Crippen molar-refractivity contribution in [3.05, 3.63) is 35.5 Å². The number of nitrogens with zero attached hydrogens (tertiary/aromatic N) is 1. The van der Waals surface area contributed by atoms with Gasteiger partial charge in [-0.3, -0.25) is 0 Å². The van der Waals surface area contributed by atoms with Crippen molar-refractivity contribution >= 4 is 0 Å². The minimum Gasteiger partial charge on any atom is -0.493 e. The number of aromatic nitrogens is 1. The molecule has 0 aliphatic heterocycles. The molecule has 0 amide bonds. The first-order valence-electron chi connectivity index (χ1n) is 6.50. The van der Waals surface area contributed by atoms with Crippen LogP contribution in [0.1, 0.15) is 25.1 Å². The fourth-order valence-corrected chi connectivity index (χ4v) is 1.82. The predicted molar refractivity (Wildman–Crippen MR) is 74.9 cm³/mol. The third kappa shape index (κ3) is 3.15. The summed E-state index contributed by atoms with van der Waals surface area (Å²) in [7, 11) is 0. The molecule has 1 aromatic carbocycles. The van der Waals surface area contributed by atoms with E-state index in [0.29, 0.717) is 12.5 Å². The Morgan fingerprint density at radius 3 is 2.53 bits per heavy atom. The largest absolute Gasteiger partial charge is 0.493 e. The summed E-state index contributed by atoms with van der Waals surface area (Å²) in [6.07, 6.45) is 0. The third-order valence-corrected chi connectivity index (χ3v) is 2.89. The standard InChI is InChI=1S/C15H20N2O2/c1-10(2)9-18-13-6-4-12(5-7-13)15-14(8-16)11(3)17-19-15/h4-7,10H,8-9,16H2,1-3H3. The maximum atomic E-state index is 5.72. The van der Waals surface area contributed by atoms with Crippen LogP contribution in [0.5, 0.6) is 5.75 Å². The van der Waals surface area contributed by atoms with Gasteiger partial charge in [0.1, 0.15) is 5.75 Å². The zero-order valence-corrected chi connectivity index (χ0v) is 11.6. The number of hydrogen-bond donors (Lipinski definition) is 1. The van der Waals surface area contributed by atoms with Gasteiger partial charge in [0.05, 0.1) is 12.3 Å². The van der Waals surface area contributed by atoms with Crippen molar-refractivity contribution in [1.82, 2.24) is 5.16 Å². The van der Waals surface area contributed by atoms with Crippen molar-refractivity contribution in [3.63, 3.8) is 0 Å². The molecule has 2 aromatic rings. The predicted octanol–water partition coefficient (Wildman–Crippen LogP) is 3.14. The van der Waals surface area contributed by atoms with E-state index in [0.717, 1.165) is 34.9 Å². The SMILES string of the molecule is Cc1noc(-c2ccc(OCC(C)C)cc2)c1CN. The van der Waals surface area contributed by atoms with Gasteiger partial charge in [0.25, 0.3) is 0 Å². The molecular formula is C15H20N2O2. The average molecular weight is 260 g/mol. The van der Waals surface area contributed by atoms with E-state index >= 15 is 0 Å². The second-order valence-electron chi connectivity index (χ2n) is 5.01. The van der Waals surface area contributed by atoms with Crippen molar-refractivity contribution in [1.29, 1.82) is 0 Å². The highest BCUT2D eigenvalue weighted by atomic mass is 16.5. The van der Waals surface area contributed by atoms with Crippen molar-refractivity contribution in [2.45, 2.75) is 27.3 Å². The molecule has 0 spiro atoms. The zero-order chi connectivity index (χ0) is 13.8. The first-order chi connectivity index (χ1) is 9.11. The molecule has 2 N–H and O–H groups in total. The molecule has 0 unspecified atom stereocenters. The van der Waals surface area contributed by atoms with Crippen molar-refractivity contribution < 1.29 is 9.26 Å². The highest BCUT2D eigenvalue weighted by Gasteiger charge is 2.13. The summed E-state index contributed by atoms with van der Waals surface area (Å²) in [6, 6.07) is 7.81. The molecule has 0 saturated carbocycles. The zero-order valence-electron chi connectivity index (χ0n) is 11.6. The minimum atomic E-state index is 0.427. The van der Waals surface area contributed by atoms with Gasteiger partial charge < -0.3 is 15.0 Å². The Morgan fingerprint density at radius 1 is 1.26 bits per heavy atom. The molecule has 1 heterocycles. The Labute approximate surface area is 113 Å². The highest BCUT2D eigenvalue weighted by molar-refractivity contribution is 5.62. The number of nitrogens with two attached hydrogens (primary N) is 1. The Bertz CT molecular complexity index is 530. The van der Waals surface area contributed by atoms with Gasteiger partial charge in [0.15, 0.2) is 5.76 Å². The van der Waals surface area contributed by atoms with E-state index in [-0.39, 0.29) is 0 Å². The van der Waals surface area contributed by atoms with E-state index in [1.54, 1.807) is 0 Å². The molecule has 0 atom stereocenters. The average Bonchev–Trinajstić information content (AvgIpc) is 2.78. The van der Waals surface area contributed by atoms with Crippen LogP contribution >= 0.6 is 0 Å². The third-order valence-electron chi connectivity index (χ3n) is 2.89. The number of benzene rings is 1. The molecule has 0 fully saturated rings. The summed E-state index contributed by atoms with van der Waals surface area (Å²) in [5.74, 6) is 2.12. The van der Waals surface area contributed by atoms with E-state index in [1.807, 2.05) is 31.2 Å². The number of hydrogen-bond acceptors (Lipinski definition) is 4. The smallest absolute Gasteiger partial charge is 0.171 e. The molecule has 0 aliphatic rings. The molecule has 0 radical (unpaired) electrons. The minimum absolute atomic E-state index is 0.427. The van der Waals surface area contributed by atoms with E-state index in [2.05, 4.69) is 19.0 Å². The van der Waals surface area contributed by atoms with Crippen LogP contribution in [0.25, 0.3) is 11.3 Å². The van der Waals surface area contributed by atoms with Gasteiger partial charge >= 0.3 is 0 Å². The van der Waals surface area contributed by atoms with Gasteiger partial charge in [-0.1, -0.05) is 19.0 Å². The summed E-state index contributed by atoms with van der Waals surface area (Å²) in [5, 5.41) is 3.96. The Balaban J connectivity index is 2.18. The lowest BCUT2D eigenvalue weighted by molar-refractivity contribution is 0.271. The van der Waals surface area contributed by atoms with Gasteiger partial charge in [-0.2, -0.15) is 0 Å². The molecule has 4 nitrogen and oxygen atoms in total. The van der Waals surface area contributed by atoms with Crippen molar-refractivity contribution in [2.75, 3.05) is 6.61 Å². The fourth-order valence-electron chi connectivity index (χ4n) is 1.82. The molecule has 19 heavy (non-hydrogen) atoms. The number of aryl methyl sites for hydroxylation is 1. The lowest BCUT2D eigenvalue weighted by Gasteiger charge is -2.08. The second kappa shape index (κ2) is 5.89. The van der Waals surface area contributed by atoms with E-state index < -0.39 is 0 Å². The van der Waals surface area contributed by atoms with Crippen molar-refractivity contribution in [2.24, 2.45) is 11.7 Å². The van der Waals surface area contributed by atoms with Crippen LogP contribution in [0.3, 0.4) is 0 Å². The Morgan fingerprint density at radius 2 is 1.95 bits per heavy atom. The Kier molecular flexibility index (Phi) is 4.22. The van der Waals surface area contributed by atoms with Crippen LogP contribution in [-0.2, 0) is 6.54 Å². The molecule has 0 bridgehead atoms.